The highest BCUT2D eigenvalue weighted by Crippen LogP contribution is 2.23. The highest BCUT2D eigenvalue weighted by Gasteiger charge is 2.16. The Balaban J connectivity index is 1.40. The SMILES string of the molecule is O=S(=O)(O)c1ccc(O)c(C=NCCCN(CCCCN(CCCN=Cc2cc(S(=O)(=O)O)ccc2O)CCCN=Cc2cc(S(=O)(=O)O)ccc2O)CCCN=Cc2cc(S(=O)(=O)O)ccc2O)c1. The van der Waals surface area contributed by atoms with Crippen LogP contribution in [0.4, 0.5) is 0 Å². The topological polar surface area (TPSA) is 354 Å². The van der Waals surface area contributed by atoms with Gasteiger partial charge in [-0.3, -0.25) is 38.2 Å². The second-order valence-corrected chi connectivity index (χ2v) is 21.4. The smallest absolute Gasteiger partial charge is 0.294 e. The van der Waals surface area contributed by atoms with Crippen LogP contribution in [0.15, 0.2) is 112 Å². The Bertz CT molecular complexity index is 2590. The summed E-state index contributed by atoms with van der Waals surface area (Å²) in [5.74, 6) is -0.891. The molecule has 0 unspecified atom stereocenters. The van der Waals surface area contributed by atoms with E-state index in [1.54, 1.807) is 0 Å². The fourth-order valence-electron chi connectivity index (χ4n) is 6.72. The zero-order chi connectivity index (χ0) is 51.5. The van der Waals surface area contributed by atoms with Crippen molar-refractivity contribution < 1.29 is 72.3 Å². The van der Waals surface area contributed by atoms with Gasteiger partial charge in [0.15, 0.2) is 0 Å². The fourth-order valence-corrected chi connectivity index (χ4v) is 8.79. The zero-order valence-electron chi connectivity index (χ0n) is 37.7. The molecule has 4 aromatic carbocycles. The first-order chi connectivity index (χ1) is 32.9. The number of hydrogen-bond donors (Lipinski definition) is 8. The molecular formula is C44H56N6O16S4. The lowest BCUT2D eigenvalue weighted by molar-refractivity contribution is 0.237. The molecule has 0 aliphatic carbocycles. The Labute approximate surface area is 407 Å². The van der Waals surface area contributed by atoms with E-state index < -0.39 is 60.1 Å². The fraction of sp³-hybridized carbons (Fsp3) is 0.364. The lowest BCUT2D eigenvalue weighted by Gasteiger charge is -2.24. The van der Waals surface area contributed by atoms with Gasteiger partial charge in [0.2, 0.25) is 0 Å². The minimum Gasteiger partial charge on any atom is -0.507 e. The summed E-state index contributed by atoms with van der Waals surface area (Å²) in [7, 11) is -18.0. The van der Waals surface area contributed by atoms with Crippen molar-refractivity contribution in [3.8, 4) is 23.0 Å². The van der Waals surface area contributed by atoms with Crippen molar-refractivity contribution in [3.63, 3.8) is 0 Å². The van der Waals surface area contributed by atoms with Crippen LogP contribution in [0, 0.1) is 0 Å². The number of phenolic OH excluding ortho intramolecular Hbond substituents is 4. The number of rotatable bonds is 29. The van der Waals surface area contributed by atoms with Crippen molar-refractivity contribution >= 4 is 65.3 Å². The lowest BCUT2D eigenvalue weighted by atomic mass is 10.2. The number of nitrogens with zero attached hydrogens (tertiary/aromatic N) is 6. The summed E-state index contributed by atoms with van der Waals surface area (Å²) in [5, 5.41) is 40.7. The van der Waals surface area contributed by atoms with E-state index in [4.69, 9.17) is 0 Å². The van der Waals surface area contributed by atoms with Gasteiger partial charge in [0.1, 0.15) is 23.0 Å². The Morgan fingerprint density at radius 3 is 0.743 bits per heavy atom. The van der Waals surface area contributed by atoms with Crippen LogP contribution in [0.1, 0.15) is 60.8 Å². The molecule has 0 radical (unpaired) electrons. The third-order valence-corrected chi connectivity index (χ3v) is 13.8. The van der Waals surface area contributed by atoms with E-state index in [0.717, 1.165) is 85.6 Å². The minimum atomic E-state index is -4.50. The Morgan fingerprint density at radius 2 is 0.543 bits per heavy atom. The van der Waals surface area contributed by atoms with Gasteiger partial charge in [-0.2, -0.15) is 33.7 Å². The molecule has 0 atom stereocenters. The predicted molar refractivity (Wildman–Crippen MR) is 262 cm³/mol. The van der Waals surface area contributed by atoms with Crippen molar-refractivity contribution in [1.82, 2.24) is 9.80 Å². The summed E-state index contributed by atoms with van der Waals surface area (Å²) in [6.45, 7) is 4.88. The molecule has 0 aromatic heterocycles. The Hall–Kier alpha value is -5.68. The molecule has 8 N–H and O–H groups in total. The van der Waals surface area contributed by atoms with E-state index in [1.165, 1.54) is 24.9 Å². The van der Waals surface area contributed by atoms with Gasteiger partial charge in [-0.1, -0.05) is 0 Å². The maximum absolute atomic E-state index is 11.6. The van der Waals surface area contributed by atoms with E-state index in [9.17, 15) is 72.3 Å². The molecule has 70 heavy (non-hydrogen) atoms. The summed E-state index contributed by atoms with van der Waals surface area (Å²) in [4.78, 5) is 20.1. The summed E-state index contributed by atoms with van der Waals surface area (Å²) in [6, 6.07) is 13.2. The molecule has 0 aliphatic heterocycles. The third-order valence-electron chi connectivity index (χ3n) is 10.4. The van der Waals surface area contributed by atoms with Crippen LogP contribution < -0.4 is 0 Å². The molecule has 22 nitrogen and oxygen atoms in total. The average Bonchev–Trinajstić information content (AvgIpc) is 3.27. The summed E-state index contributed by atoms with van der Waals surface area (Å²) in [5.41, 5.74) is 0.428. The second-order valence-electron chi connectivity index (χ2n) is 15.7. The van der Waals surface area contributed by atoms with E-state index in [0.29, 0.717) is 91.1 Å². The number of unbranched alkanes of at least 4 members (excludes halogenated alkanes) is 1. The second kappa shape index (κ2) is 26.5. The van der Waals surface area contributed by atoms with Crippen molar-refractivity contribution in [1.29, 1.82) is 0 Å². The van der Waals surface area contributed by atoms with Crippen molar-refractivity contribution in [2.75, 3.05) is 65.4 Å². The molecule has 0 saturated heterocycles. The molecular weight excluding hydrogens is 997 g/mol. The average molecular weight is 1050 g/mol. The van der Waals surface area contributed by atoms with E-state index in [-0.39, 0.29) is 45.3 Å². The van der Waals surface area contributed by atoms with Gasteiger partial charge < -0.3 is 30.2 Å². The highest BCUT2D eigenvalue weighted by molar-refractivity contribution is 7.86. The normalized spacial score (nSPS) is 13.1. The third kappa shape index (κ3) is 19.6. The Morgan fingerprint density at radius 1 is 0.343 bits per heavy atom. The lowest BCUT2D eigenvalue weighted by Crippen LogP contribution is -2.31. The number of aliphatic imine (C=N–C) groups is 4. The number of aromatic hydroxyl groups is 4. The minimum absolute atomic E-state index is 0.107. The maximum atomic E-state index is 11.6. The monoisotopic (exact) mass is 1050 g/mol. The van der Waals surface area contributed by atoms with Gasteiger partial charge in [-0.25, -0.2) is 0 Å². The molecule has 0 bridgehead atoms. The van der Waals surface area contributed by atoms with Crippen LogP contribution in [-0.4, -0.2) is 172 Å². The Kier molecular flexibility index (Phi) is 21.5. The largest absolute Gasteiger partial charge is 0.507 e. The number of phenols is 4. The first-order valence-electron chi connectivity index (χ1n) is 21.6. The standard InChI is InChI=1S/C44H56N6O16S4/c51-41-11-7-37(67(55,56)57)25-33(41)29-45-15-3-21-49(22-4-16-46-30-34-26-38(68(58,59)60)8-12-42(34)52)19-1-2-20-50(23-5-17-47-31-35-27-39(69(61,62)63)9-13-43(35)53)24-6-18-48-32-36-28-40(70(64,65)66)10-14-44(36)54/h7-14,25-32,51-54H,1-6,15-24H2,(H,55,56,57)(H,58,59,60)(H,61,62,63)(H,64,65,66). The molecule has 4 rings (SSSR count). The van der Waals surface area contributed by atoms with Crippen LogP contribution in [0.2, 0.25) is 0 Å². The predicted octanol–water partition coefficient (Wildman–Crippen LogP) is 4.22. The molecule has 0 heterocycles. The quantitative estimate of drug-likeness (QED) is 0.0214. The van der Waals surface area contributed by atoms with Gasteiger partial charge in [0, 0.05) is 73.3 Å². The summed E-state index contributed by atoms with van der Waals surface area (Å²) in [6.07, 6.45) is 9.03. The molecule has 4 aromatic rings. The number of hydrogen-bond acceptors (Lipinski definition) is 18. The molecule has 382 valence electrons. The van der Waals surface area contributed by atoms with Crippen LogP contribution in [0.5, 0.6) is 23.0 Å². The summed E-state index contributed by atoms with van der Waals surface area (Å²) < 4.78 is 130. The number of benzene rings is 4. The van der Waals surface area contributed by atoms with Crippen LogP contribution in [0.25, 0.3) is 0 Å². The molecule has 0 saturated carbocycles. The zero-order valence-corrected chi connectivity index (χ0v) is 41.0. The van der Waals surface area contributed by atoms with Gasteiger partial charge in [-0.15, -0.1) is 0 Å². The van der Waals surface area contributed by atoms with Crippen molar-refractivity contribution in [2.24, 2.45) is 20.0 Å². The highest BCUT2D eigenvalue weighted by atomic mass is 32.2. The molecule has 0 fully saturated rings. The molecule has 0 aliphatic rings. The van der Waals surface area contributed by atoms with E-state index in [1.807, 2.05) is 0 Å². The first kappa shape index (κ1) is 56.9. The van der Waals surface area contributed by atoms with Gasteiger partial charge in [0.25, 0.3) is 40.5 Å². The van der Waals surface area contributed by atoms with Gasteiger partial charge in [-0.05, 0) is 151 Å². The van der Waals surface area contributed by atoms with E-state index in [2.05, 4.69) is 29.8 Å². The molecule has 0 spiro atoms. The van der Waals surface area contributed by atoms with Crippen LogP contribution in [-0.2, 0) is 40.5 Å². The summed E-state index contributed by atoms with van der Waals surface area (Å²) >= 11 is 0. The van der Waals surface area contributed by atoms with Gasteiger partial charge >= 0.3 is 0 Å². The van der Waals surface area contributed by atoms with Crippen molar-refractivity contribution in [3.05, 3.63) is 95.1 Å². The van der Waals surface area contributed by atoms with Crippen LogP contribution in [0.3, 0.4) is 0 Å². The van der Waals surface area contributed by atoms with Gasteiger partial charge in [0.05, 0.1) is 19.6 Å². The maximum Gasteiger partial charge on any atom is 0.294 e. The molecule has 0 amide bonds. The first-order valence-corrected chi connectivity index (χ1v) is 27.3. The molecule has 26 heteroatoms. The van der Waals surface area contributed by atoms with Crippen LogP contribution >= 0.6 is 0 Å². The van der Waals surface area contributed by atoms with Crippen molar-refractivity contribution in [2.45, 2.75) is 58.1 Å². The van der Waals surface area contributed by atoms with E-state index >= 15 is 0 Å².